The first-order valence-corrected chi connectivity index (χ1v) is 10.8. The monoisotopic (exact) mass is 386 g/mol. The van der Waals surface area contributed by atoms with Gasteiger partial charge in [-0.25, -0.2) is 4.98 Å². The van der Waals surface area contributed by atoms with Crippen molar-refractivity contribution >= 4 is 34.4 Å². The SMILES string of the molecule is Cc1cc(NC(=O)CC2CCCCC2)n(-c2nc(-c3cccs3)cs2)n1. The minimum absolute atomic E-state index is 0.0769. The lowest BCUT2D eigenvalue weighted by atomic mass is 9.87. The predicted octanol–water partition coefficient (Wildman–Crippen LogP) is 5.27. The maximum atomic E-state index is 12.5. The molecule has 1 saturated carbocycles. The van der Waals surface area contributed by atoms with Crippen molar-refractivity contribution in [2.24, 2.45) is 5.92 Å². The fraction of sp³-hybridized carbons (Fsp3) is 0.421. The summed E-state index contributed by atoms with van der Waals surface area (Å²) in [6.07, 6.45) is 6.74. The number of thiophene rings is 1. The maximum absolute atomic E-state index is 12.5. The summed E-state index contributed by atoms with van der Waals surface area (Å²) >= 11 is 3.20. The van der Waals surface area contributed by atoms with Crippen LogP contribution in [0.1, 0.15) is 44.2 Å². The molecule has 5 nitrogen and oxygen atoms in total. The molecule has 0 saturated heterocycles. The van der Waals surface area contributed by atoms with Crippen LogP contribution < -0.4 is 5.32 Å². The molecule has 0 unspecified atom stereocenters. The Balaban J connectivity index is 1.50. The summed E-state index contributed by atoms with van der Waals surface area (Å²) in [6, 6.07) is 5.99. The van der Waals surface area contributed by atoms with E-state index in [9.17, 15) is 4.79 Å². The fourth-order valence-electron chi connectivity index (χ4n) is 3.48. The number of thiazole rings is 1. The highest BCUT2D eigenvalue weighted by atomic mass is 32.1. The van der Waals surface area contributed by atoms with Gasteiger partial charge in [0.1, 0.15) is 5.82 Å². The van der Waals surface area contributed by atoms with Crippen LogP contribution in [0.25, 0.3) is 15.7 Å². The molecule has 0 atom stereocenters. The molecule has 1 amide bonds. The number of hydrogen-bond donors (Lipinski definition) is 1. The number of aryl methyl sites for hydroxylation is 1. The lowest BCUT2D eigenvalue weighted by Gasteiger charge is -2.20. The average molecular weight is 387 g/mol. The predicted molar refractivity (Wildman–Crippen MR) is 107 cm³/mol. The molecule has 0 spiro atoms. The fourth-order valence-corrected chi connectivity index (χ4v) is 5.03. The van der Waals surface area contributed by atoms with E-state index in [1.807, 2.05) is 29.8 Å². The Hall–Kier alpha value is -1.99. The Morgan fingerprint density at radius 2 is 2.15 bits per heavy atom. The van der Waals surface area contributed by atoms with Gasteiger partial charge in [0.2, 0.25) is 11.0 Å². The highest BCUT2D eigenvalue weighted by Crippen LogP contribution is 2.30. The Labute approximate surface area is 161 Å². The third-order valence-corrected chi connectivity index (χ3v) is 6.45. The summed E-state index contributed by atoms with van der Waals surface area (Å²) in [6.45, 7) is 1.93. The van der Waals surface area contributed by atoms with Gasteiger partial charge in [0.25, 0.3) is 0 Å². The highest BCUT2D eigenvalue weighted by molar-refractivity contribution is 7.15. The van der Waals surface area contributed by atoms with E-state index in [0.29, 0.717) is 18.2 Å². The van der Waals surface area contributed by atoms with Crippen molar-refractivity contribution in [1.29, 1.82) is 0 Å². The van der Waals surface area contributed by atoms with Crippen LogP contribution in [0, 0.1) is 12.8 Å². The van der Waals surface area contributed by atoms with E-state index in [4.69, 9.17) is 4.98 Å². The zero-order valence-electron chi connectivity index (χ0n) is 14.8. The van der Waals surface area contributed by atoms with Crippen LogP contribution in [0.4, 0.5) is 5.82 Å². The normalized spacial score (nSPS) is 15.3. The third-order valence-electron chi connectivity index (χ3n) is 4.74. The summed E-state index contributed by atoms with van der Waals surface area (Å²) in [4.78, 5) is 18.3. The average Bonchev–Trinajstić information content (AvgIpc) is 3.35. The van der Waals surface area contributed by atoms with Crippen molar-refractivity contribution in [2.45, 2.75) is 45.4 Å². The molecule has 26 heavy (non-hydrogen) atoms. The molecule has 7 heteroatoms. The number of nitrogens with one attached hydrogen (secondary N) is 1. The summed E-state index contributed by atoms with van der Waals surface area (Å²) in [5.41, 5.74) is 1.82. The lowest BCUT2D eigenvalue weighted by Crippen LogP contribution is -2.19. The smallest absolute Gasteiger partial charge is 0.225 e. The number of amides is 1. The molecule has 0 aromatic carbocycles. The van der Waals surface area contributed by atoms with Crippen LogP contribution in [-0.2, 0) is 4.79 Å². The molecule has 4 rings (SSSR count). The van der Waals surface area contributed by atoms with Crippen LogP contribution in [0.5, 0.6) is 0 Å². The van der Waals surface area contributed by atoms with Gasteiger partial charge in [0.15, 0.2) is 0 Å². The molecule has 3 aromatic heterocycles. The van der Waals surface area contributed by atoms with Gasteiger partial charge in [-0.1, -0.05) is 25.3 Å². The number of rotatable bonds is 5. The molecule has 1 N–H and O–H groups in total. The van der Waals surface area contributed by atoms with E-state index in [1.54, 1.807) is 16.0 Å². The topological polar surface area (TPSA) is 59.8 Å². The standard InChI is InChI=1S/C19H22N4OS2/c1-13-10-17(21-18(24)11-14-6-3-2-4-7-14)23(22-13)19-20-15(12-26-19)16-8-5-9-25-16/h5,8-10,12,14H,2-4,6-7,11H2,1H3,(H,21,24). The zero-order chi connectivity index (χ0) is 17.9. The largest absolute Gasteiger partial charge is 0.310 e. The summed E-state index contributed by atoms with van der Waals surface area (Å²) < 4.78 is 1.75. The molecule has 0 bridgehead atoms. The summed E-state index contributed by atoms with van der Waals surface area (Å²) in [7, 11) is 0. The molecule has 1 fully saturated rings. The van der Waals surface area contributed by atoms with Crippen molar-refractivity contribution in [3.05, 3.63) is 34.7 Å². The van der Waals surface area contributed by atoms with Crippen molar-refractivity contribution < 1.29 is 4.79 Å². The van der Waals surface area contributed by atoms with E-state index >= 15 is 0 Å². The Bertz CT molecular complexity index is 875. The van der Waals surface area contributed by atoms with Crippen LogP contribution >= 0.6 is 22.7 Å². The number of aromatic nitrogens is 3. The number of nitrogens with zero attached hydrogens (tertiary/aromatic N) is 3. The van der Waals surface area contributed by atoms with E-state index < -0.39 is 0 Å². The molecule has 0 radical (unpaired) electrons. The van der Waals surface area contributed by atoms with Crippen LogP contribution in [0.15, 0.2) is 29.0 Å². The van der Waals surface area contributed by atoms with Crippen LogP contribution in [0.3, 0.4) is 0 Å². The molecule has 3 heterocycles. The summed E-state index contributed by atoms with van der Waals surface area (Å²) in [5, 5.41) is 12.4. The Kier molecular flexibility index (Phi) is 5.17. The molecular formula is C19H22N4OS2. The lowest BCUT2D eigenvalue weighted by molar-refractivity contribution is -0.117. The number of hydrogen-bond acceptors (Lipinski definition) is 5. The van der Waals surface area contributed by atoms with Gasteiger partial charge in [-0.2, -0.15) is 9.78 Å². The van der Waals surface area contributed by atoms with Crippen LogP contribution in [0.2, 0.25) is 0 Å². The van der Waals surface area contributed by atoms with Gasteiger partial charge in [-0.3, -0.25) is 4.79 Å². The first kappa shape index (κ1) is 17.4. The van der Waals surface area contributed by atoms with Gasteiger partial charge in [0, 0.05) is 17.9 Å². The van der Waals surface area contributed by atoms with Gasteiger partial charge in [-0.05, 0) is 37.1 Å². The van der Waals surface area contributed by atoms with Crippen molar-refractivity contribution in [3.63, 3.8) is 0 Å². The van der Waals surface area contributed by atoms with Gasteiger partial charge in [-0.15, -0.1) is 22.7 Å². The van der Waals surface area contributed by atoms with E-state index in [-0.39, 0.29) is 5.91 Å². The second kappa shape index (κ2) is 7.72. The highest BCUT2D eigenvalue weighted by Gasteiger charge is 2.19. The second-order valence-corrected chi connectivity index (χ2v) is 8.62. The first-order valence-electron chi connectivity index (χ1n) is 9.05. The molecule has 0 aliphatic heterocycles. The van der Waals surface area contributed by atoms with Crippen LogP contribution in [-0.4, -0.2) is 20.7 Å². The van der Waals surface area contributed by atoms with Gasteiger partial charge in [0.05, 0.1) is 16.3 Å². The second-order valence-electron chi connectivity index (χ2n) is 6.83. The number of carbonyl (C=O) groups is 1. The molecule has 3 aromatic rings. The van der Waals surface area contributed by atoms with E-state index in [0.717, 1.165) is 21.4 Å². The molecule has 1 aliphatic rings. The quantitative estimate of drug-likeness (QED) is 0.649. The molecule has 136 valence electrons. The summed E-state index contributed by atoms with van der Waals surface area (Å²) in [5.74, 6) is 1.30. The first-order chi connectivity index (χ1) is 12.7. The van der Waals surface area contributed by atoms with Gasteiger partial charge >= 0.3 is 0 Å². The minimum Gasteiger partial charge on any atom is -0.310 e. The van der Waals surface area contributed by atoms with Crippen molar-refractivity contribution in [2.75, 3.05) is 5.32 Å². The molecular weight excluding hydrogens is 364 g/mol. The molecule has 1 aliphatic carbocycles. The Morgan fingerprint density at radius 3 is 2.92 bits per heavy atom. The van der Waals surface area contributed by atoms with Gasteiger partial charge < -0.3 is 5.32 Å². The number of anilines is 1. The van der Waals surface area contributed by atoms with Crippen molar-refractivity contribution in [3.8, 4) is 15.7 Å². The third kappa shape index (κ3) is 3.88. The van der Waals surface area contributed by atoms with E-state index in [2.05, 4.69) is 16.5 Å². The van der Waals surface area contributed by atoms with E-state index in [1.165, 1.54) is 43.4 Å². The Morgan fingerprint density at radius 1 is 1.31 bits per heavy atom. The van der Waals surface area contributed by atoms with Crippen molar-refractivity contribution in [1.82, 2.24) is 14.8 Å². The maximum Gasteiger partial charge on any atom is 0.225 e. The minimum atomic E-state index is 0.0769. The number of carbonyl (C=O) groups excluding carboxylic acids is 1. The zero-order valence-corrected chi connectivity index (χ0v) is 16.4.